The van der Waals surface area contributed by atoms with E-state index in [0.29, 0.717) is 11.4 Å². The average molecular weight is 267 g/mol. The highest BCUT2D eigenvalue weighted by molar-refractivity contribution is 7.80. The fraction of sp³-hybridized carbons (Fsp3) is 0.333. The van der Waals surface area contributed by atoms with Crippen LogP contribution in [0.4, 0.5) is 10.5 Å². The Morgan fingerprint density at radius 2 is 2.22 bits per heavy atom. The van der Waals surface area contributed by atoms with E-state index in [1.807, 2.05) is 0 Å². The largest absolute Gasteiger partial charge is 0.497 e. The van der Waals surface area contributed by atoms with Crippen molar-refractivity contribution in [2.24, 2.45) is 5.73 Å². The van der Waals surface area contributed by atoms with Crippen LogP contribution in [0.25, 0.3) is 0 Å². The maximum absolute atomic E-state index is 11.9. The Kier molecular flexibility index (Phi) is 4.91. The minimum absolute atomic E-state index is 0.274. The monoisotopic (exact) mass is 267 g/mol. The Labute approximate surface area is 112 Å². The number of hydrogen-bond acceptors (Lipinski definition) is 3. The Morgan fingerprint density at radius 1 is 1.56 bits per heavy atom. The molecule has 0 radical (unpaired) electrons. The van der Waals surface area contributed by atoms with Gasteiger partial charge in [0.15, 0.2) is 0 Å². The van der Waals surface area contributed by atoms with E-state index in [2.05, 4.69) is 5.32 Å². The molecule has 0 aliphatic rings. The number of thiocarbonyl (C=S) groups is 1. The number of likely N-dealkylation sites (N-methyl/N-ethyl adjacent to an activating group) is 1. The number of nitrogens with one attached hydrogen (secondary N) is 1. The molecule has 18 heavy (non-hydrogen) atoms. The SMILES string of the molecule is COc1cccc(NC(=O)N(C)C(C)C(N)=S)c1. The molecule has 5 nitrogen and oxygen atoms in total. The molecule has 0 aromatic heterocycles. The first-order chi connectivity index (χ1) is 8.45. The number of hydrogen-bond donors (Lipinski definition) is 2. The predicted molar refractivity (Wildman–Crippen MR) is 76.0 cm³/mol. The Hall–Kier alpha value is -1.82. The summed E-state index contributed by atoms with van der Waals surface area (Å²) in [6, 6.07) is 6.54. The number of rotatable bonds is 4. The number of amides is 2. The molecule has 1 aromatic rings. The second-order valence-corrected chi connectivity index (χ2v) is 4.32. The minimum atomic E-state index is -0.300. The zero-order chi connectivity index (χ0) is 13.7. The van der Waals surface area contributed by atoms with E-state index in [4.69, 9.17) is 22.7 Å². The molecular weight excluding hydrogens is 250 g/mol. The van der Waals surface area contributed by atoms with E-state index in [1.54, 1.807) is 45.3 Å². The van der Waals surface area contributed by atoms with E-state index < -0.39 is 0 Å². The predicted octanol–water partition coefficient (Wildman–Crippen LogP) is 1.83. The second kappa shape index (κ2) is 6.20. The van der Waals surface area contributed by atoms with E-state index in [0.717, 1.165) is 0 Å². The molecule has 1 atom stereocenters. The molecule has 0 saturated heterocycles. The molecule has 0 aliphatic carbocycles. The van der Waals surface area contributed by atoms with Gasteiger partial charge in [0.05, 0.1) is 18.1 Å². The number of benzene rings is 1. The fourth-order valence-electron chi connectivity index (χ4n) is 1.28. The van der Waals surface area contributed by atoms with Crippen molar-refractivity contribution < 1.29 is 9.53 Å². The van der Waals surface area contributed by atoms with Gasteiger partial charge in [-0.2, -0.15) is 0 Å². The molecule has 1 unspecified atom stereocenters. The lowest BCUT2D eigenvalue weighted by molar-refractivity contribution is 0.218. The van der Waals surface area contributed by atoms with Gasteiger partial charge in [0.2, 0.25) is 0 Å². The Balaban J connectivity index is 2.72. The highest BCUT2D eigenvalue weighted by Crippen LogP contribution is 2.17. The molecule has 0 aliphatic heterocycles. The van der Waals surface area contributed by atoms with E-state index in [1.165, 1.54) is 4.90 Å². The van der Waals surface area contributed by atoms with Crippen LogP contribution >= 0.6 is 12.2 Å². The molecule has 1 rings (SSSR count). The van der Waals surface area contributed by atoms with Crippen molar-refractivity contribution in [3.8, 4) is 5.75 Å². The van der Waals surface area contributed by atoms with Crippen LogP contribution in [0.5, 0.6) is 5.75 Å². The van der Waals surface area contributed by atoms with Gasteiger partial charge in [0.1, 0.15) is 5.75 Å². The number of carbonyl (C=O) groups is 1. The number of urea groups is 1. The molecule has 1 aromatic carbocycles. The van der Waals surface area contributed by atoms with Crippen molar-refractivity contribution in [1.82, 2.24) is 4.90 Å². The van der Waals surface area contributed by atoms with Crippen LogP contribution in [0.15, 0.2) is 24.3 Å². The van der Waals surface area contributed by atoms with Crippen molar-refractivity contribution >= 4 is 28.9 Å². The normalized spacial score (nSPS) is 11.5. The lowest BCUT2D eigenvalue weighted by atomic mass is 10.3. The van der Waals surface area contributed by atoms with Gasteiger partial charge in [-0.05, 0) is 19.1 Å². The first-order valence-corrected chi connectivity index (χ1v) is 5.83. The van der Waals surface area contributed by atoms with Crippen LogP contribution in [0, 0.1) is 0 Å². The van der Waals surface area contributed by atoms with E-state index in [-0.39, 0.29) is 17.1 Å². The van der Waals surface area contributed by atoms with Crippen molar-refractivity contribution in [3.05, 3.63) is 24.3 Å². The van der Waals surface area contributed by atoms with Crippen LogP contribution in [-0.4, -0.2) is 36.1 Å². The summed E-state index contributed by atoms with van der Waals surface area (Å²) in [6.45, 7) is 1.77. The standard InChI is InChI=1S/C12H17N3O2S/c1-8(11(13)18)15(2)12(16)14-9-5-4-6-10(7-9)17-3/h4-8H,1-3H3,(H2,13,18)(H,14,16). The molecular formula is C12H17N3O2S. The van der Waals surface area contributed by atoms with Gasteiger partial charge in [-0.15, -0.1) is 0 Å². The zero-order valence-electron chi connectivity index (χ0n) is 10.6. The van der Waals surface area contributed by atoms with Crippen molar-refractivity contribution in [2.45, 2.75) is 13.0 Å². The Morgan fingerprint density at radius 3 is 2.78 bits per heavy atom. The van der Waals surface area contributed by atoms with Gasteiger partial charge >= 0.3 is 6.03 Å². The molecule has 3 N–H and O–H groups in total. The summed E-state index contributed by atoms with van der Waals surface area (Å²) >= 11 is 4.85. The Bertz CT molecular complexity index is 451. The lowest BCUT2D eigenvalue weighted by Crippen LogP contribution is -2.44. The van der Waals surface area contributed by atoms with Crippen LogP contribution in [-0.2, 0) is 0 Å². The third-order valence-corrected chi connectivity index (χ3v) is 2.98. The van der Waals surface area contributed by atoms with Crippen molar-refractivity contribution in [3.63, 3.8) is 0 Å². The number of carbonyl (C=O) groups excluding carboxylic acids is 1. The summed E-state index contributed by atoms with van der Waals surface area (Å²) in [5.41, 5.74) is 6.16. The minimum Gasteiger partial charge on any atom is -0.497 e. The van der Waals surface area contributed by atoms with Crippen LogP contribution in [0.2, 0.25) is 0 Å². The van der Waals surface area contributed by atoms with Crippen LogP contribution < -0.4 is 15.8 Å². The molecule has 0 spiro atoms. The smallest absolute Gasteiger partial charge is 0.322 e. The molecule has 2 amide bonds. The highest BCUT2D eigenvalue weighted by Gasteiger charge is 2.17. The topological polar surface area (TPSA) is 67.6 Å². The van der Waals surface area contributed by atoms with E-state index >= 15 is 0 Å². The van der Waals surface area contributed by atoms with Gasteiger partial charge in [0, 0.05) is 18.8 Å². The van der Waals surface area contributed by atoms with Gasteiger partial charge in [0.25, 0.3) is 0 Å². The number of nitrogens with two attached hydrogens (primary N) is 1. The molecule has 0 bridgehead atoms. The molecule has 0 fully saturated rings. The summed E-state index contributed by atoms with van der Waals surface area (Å²) in [4.78, 5) is 13.6. The van der Waals surface area contributed by atoms with Crippen LogP contribution in [0.3, 0.4) is 0 Å². The van der Waals surface area contributed by atoms with Gasteiger partial charge in [-0.1, -0.05) is 18.3 Å². The van der Waals surface area contributed by atoms with Gasteiger partial charge < -0.3 is 20.7 Å². The average Bonchev–Trinajstić information content (AvgIpc) is 2.36. The summed E-state index contributed by atoms with van der Waals surface area (Å²) in [5.74, 6) is 0.679. The maximum Gasteiger partial charge on any atom is 0.322 e. The van der Waals surface area contributed by atoms with Crippen molar-refractivity contribution in [1.29, 1.82) is 0 Å². The third kappa shape index (κ3) is 3.59. The van der Waals surface area contributed by atoms with Crippen molar-refractivity contribution in [2.75, 3.05) is 19.5 Å². The number of ether oxygens (including phenoxy) is 1. The van der Waals surface area contributed by atoms with Gasteiger partial charge in [-0.3, -0.25) is 0 Å². The third-order valence-electron chi connectivity index (χ3n) is 2.63. The summed E-state index contributed by atoms with van der Waals surface area (Å²) in [7, 11) is 3.21. The molecule has 0 heterocycles. The van der Waals surface area contributed by atoms with Gasteiger partial charge in [-0.25, -0.2) is 4.79 Å². The quantitative estimate of drug-likeness (QED) is 0.817. The molecule has 98 valence electrons. The summed E-state index contributed by atoms with van der Waals surface area (Å²) in [6.07, 6.45) is 0. The highest BCUT2D eigenvalue weighted by atomic mass is 32.1. The molecule has 0 saturated carbocycles. The summed E-state index contributed by atoms with van der Waals surface area (Å²) < 4.78 is 5.08. The fourth-order valence-corrected chi connectivity index (χ4v) is 1.44. The lowest BCUT2D eigenvalue weighted by Gasteiger charge is -2.24. The number of methoxy groups -OCH3 is 1. The van der Waals surface area contributed by atoms with Crippen LogP contribution in [0.1, 0.15) is 6.92 Å². The number of nitrogens with zero attached hydrogens (tertiary/aromatic N) is 1. The second-order valence-electron chi connectivity index (χ2n) is 3.85. The first kappa shape index (κ1) is 14.2. The molecule has 6 heteroatoms. The number of anilines is 1. The first-order valence-electron chi connectivity index (χ1n) is 5.43. The summed E-state index contributed by atoms with van der Waals surface area (Å²) in [5, 5.41) is 2.74. The van der Waals surface area contributed by atoms with E-state index in [9.17, 15) is 4.79 Å². The zero-order valence-corrected chi connectivity index (χ0v) is 11.5. The maximum atomic E-state index is 11.9.